The SMILES string of the molecule is Cc1cccc(Oc2ccc(S(=O)(=O)NCCCN3CCNCC3)cc2)c1. The fourth-order valence-electron chi connectivity index (χ4n) is 3.03. The van der Waals surface area contributed by atoms with Gasteiger partial charge in [0, 0.05) is 32.7 Å². The Kier molecular flexibility index (Phi) is 6.84. The van der Waals surface area contributed by atoms with E-state index in [0.717, 1.165) is 50.5 Å². The minimum atomic E-state index is -3.50. The van der Waals surface area contributed by atoms with Crippen LogP contribution in [0, 0.1) is 6.92 Å². The minimum Gasteiger partial charge on any atom is -0.457 e. The summed E-state index contributed by atoms with van der Waals surface area (Å²) in [5, 5.41) is 3.31. The number of benzene rings is 2. The zero-order chi connectivity index (χ0) is 19.1. The molecule has 0 spiro atoms. The van der Waals surface area contributed by atoms with Gasteiger partial charge in [-0.3, -0.25) is 0 Å². The van der Waals surface area contributed by atoms with Gasteiger partial charge in [-0.2, -0.15) is 0 Å². The Morgan fingerprint density at radius 1 is 1.07 bits per heavy atom. The van der Waals surface area contributed by atoms with Crippen LogP contribution in [-0.4, -0.2) is 52.6 Å². The monoisotopic (exact) mass is 389 g/mol. The summed E-state index contributed by atoms with van der Waals surface area (Å²) >= 11 is 0. The topological polar surface area (TPSA) is 70.7 Å². The number of piperazine rings is 1. The van der Waals surface area contributed by atoms with Crippen LogP contribution >= 0.6 is 0 Å². The summed E-state index contributed by atoms with van der Waals surface area (Å²) in [4.78, 5) is 2.60. The molecule has 1 aliphatic heterocycles. The highest BCUT2D eigenvalue weighted by atomic mass is 32.2. The lowest BCUT2D eigenvalue weighted by Gasteiger charge is -2.27. The normalized spacial score (nSPS) is 15.6. The Hall–Kier alpha value is -1.93. The predicted octanol–water partition coefficient (Wildman–Crippen LogP) is 2.36. The van der Waals surface area contributed by atoms with E-state index in [-0.39, 0.29) is 4.90 Å². The molecule has 0 atom stereocenters. The first-order valence-corrected chi connectivity index (χ1v) is 10.8. The van der Waals surface area contributed by atoms with E-state index < -0.39 is 10.0 Å². The van der Waals surface area contributed by atoms with Crippen molar-refractivity contribution in [1.29, 1.82) is 0 Å². The van der Waals surface area contributed by atoms with Gasteiger partial charge in [-0.25, -0.2) is 13.1 Å². The molecule has 146 valence electrons. The van der Waals surface area contributed by atoms with Crippen LogP contribution in [-0.2, 0) is 10.0 Å². The van der Waals surface area contributed by atoms with Crippen LogP contribution in [0.15, 0.2) is 53.4 Å². The Morgan fingerprint density at radius 3 is 2.52 bits per heavy atom. The van der Waals surface area contributed by atoms with Gasteiger partial charge in [0.05, 0.1) is 4.90 Å². The van der Waals surface area contributed by atoms with Crippen LogP contribution in [0.2, 0.25) is 0 Å². The summed E-state index contributed by atoms with van der Waals surface area (Å²) in [6, 6.07) is 14.2. The van der Waals surface area contributed by atoms with Crippen molar-refractivity contribution in [2.75, 3.05) is 39.3 Å². The number of rotatable bonds is 8. The van der Waals surface area contributed by atoms with Crippen LogP contribution in [0.3, 0.4) is 0 Å². The molecule has 6 nitrogen and oxygen atoms in total. The predicted molar refractivity (Wildman–Crippen MR) is 107 cm³/mol. The molecule has 0 bridgehead atoms. The average molecular weight is 390 g/mol. The molecule has 2 aromatic carbocycles. The number of ether oxygens (including phenoxy) is 1. The van der Waals surface area contributed by atoms with E-state index in [9.17, 15) is 8.42 Å². The Morgan fingerprint density at radius 2 is 1.81 bits per heavy atom. The Labute approximate surface area is 161 Å². The first-order chi connectivity index (χ1) is 13.0. The van der Waals surface area contributed by atoms with Gasteiger partial charge in [0.1, 0.15) is 11.5 Å². The van der Waals surface area contributed by atoms with E-state index in [4.69, 9.17) is 4.74 Å². The lowest BCUT2D eigenvalue weighted by atomic mass is 10.2. The zero-order valence-electron chi connectivity index (χ0n) is 15.6. The third-order valence-electron chi connectivity index (χ3n) is 4.51. The van der Waals surface area contributed by atoms with Gasteiger partial charge in [0.15, 0.2) is 0 Å². The number of nitrogens with zero attached hydrogens (tertiary/aromatic N) is 1. The summed E-state index contributed by atoms with van der Waals surface area (Å²) in [5.41, 5.74) is 1.11. The fourth-order valence-corrected chi connectivity index (χ4v) is 4.10. The molecular weight excluding hydrogens is 362 g/mol. The van der Waals surface area contributed by atoms with Crippen LogP contribution in [0.5, 0.6) is 11.5 Å². The van der Waals surface area contributed by atoms with Crippen molar-refractivity contribution in [3.05, 3.63) is 54.1 Å². The van der Waals surface area contributed by atoms with Gasteiger partial charge in [-0.05, 0) is 61.9 Å². The highest BCUT2D eigenvalue weighted by Gasteiger charge is 2.14. The van der Waals surface area contributed by atoms with E-state index in [1.807, 2.05) is 31.2 Å². The molecule has 1 saturated heterocycles. The molecule has 1 heterocycles. The summed E-state index contributed by atoms with van der Waals surface area (Å²) in [7, 11) is -3.50. The third-order valence-corrected chi connectivity index (χ3v) is 5.99. The van der Waals surface area contributed by atoms with E-state index in [0.29, 0.717) is 12.3 Å². The molecular formula is C20H27N3O3S. The molecule has 7 heteroatoms. The molecule has 27 heavy (non-hydrogen) atoms. The van der Waals surface area contributed by atoms with Crippen molar-refractivity contribution >= 4 is 10.0 Å². The van der Waals surface area contributed by atoms with E-state index in [1.165, 1.54) is 0 Å². The van der Waals surface area contributed by atoms with Gasteiger partial charge in [0.2, 0.25) is 10.0 Å². The smallest absolute Gasteiger partial charge is 0.240 e. The van der Waals surface area contributed by atoms with Gasteiger partial charge in [0.25, 0.3) is 0 Å². The zero-order valence-corrected chi connectivity index (χ0v) is 16.5. The molecule has 0 radical (unpaired) electrons. The van der Waals surface area contributed by atoms with Crippen molar-refractivity contribution in [2.24, 2.45) is 0 Å². The summed E-state index contributed by atoms with van der Waals surface area (Å²) < 4.78 is 33.3. The first kappa shape index (κ1) is 19.8. The molecule has 0 saturated carbocycles. The number of aryl methyl sites for hydroxylation is 1. The molecule has 1 fully saturated rings. The van der Waals surface area contributed by atoms with Crippen LogP contribution < -0.4 is 14.8 Å². The van der Waals surface area contributed by atoms with E-state index in [2.05, 4.69) is 14.9 Å². The number of hydrogen-bond acceptors (Lipinski definition) is 5. The number of nitrogens with one attached hydrogen (secondary N) is 2. The molecule has 0 aliphatic carbocycles. The maximum absolute atomic E-state index is 12.4. The third kappa shape index (κ3) is 6.04. The fraction of sp³-hybridized carbons (Fsp3) is 0.400. The standard InChI is InChI=1S/C20H27N3O3S/c1-17-4-2-5-19(16-17)26-18-6-8-20(9-7-18)27(24,25)22-10-3-13-23-14-11-21-12-15-23/h2,4-9,16,21-22H,3,10-15H2,1H3. The second-order valence-corrected chi connectivity index (χ2v) is 8.50. The Bertz CT molecular complexity index is 832. The lowest BCUT2D eigenvalue weighted by Crippen LogP contribution is -2.44. The first-order valence-electron chi connectivity index (χ1n) is 9.30. The van der Waals surface area contributed by atoms with Crippen molar-refractivity contribution in [1.82, 2.24) is 14.9 Å². The largest absolute Gasteiger partial charge is 0.457 e. The van der Waals surface area contributed by atoms with Gasteiger partial charge < -0.3 is 15.0 Å². The van der Waals surface area contributed by atoms with E-state index in [1.54, 1.807) is 24.3 Å². The molecule has 2 N–H and O–H groups in total. The van der Waals surface area contributed by atoms with Crippen molar-refractivity contribution in [3.63, 3.8) is 0 Å². The molecule has 1 aliphatic rings. The average Bonchev–Trinajstić information content (AvgIpc) is 2.67. The minimum absolute atomic E-state index is 0.251. The van der Waals surface area contributed by atoms with Crippen LogP contribution in [0.25, 0.3) is 0 Å². The van der Waals surface area contributed by atoms with Gasteiger partial charge in [-0.1, -0.05) is 12.1 Å². The molecule has 2 aromatic rings. The molecule has 3 rings (SSSR count). The summed E-state index contributed by atoms with van der Waals surface area (Å²) in [5.74, 6) is 1.34. The number of hydrogen-bond donors (Lipinski definition) is 2. The van der Waals surface area contributed by atoms with Crippen molar-refractivity contribution in [3.8, 4) is 11.5 Å². The maximum Gasteiger partial charge on any atom is 0.240 e. The lowest BCUT2D eigenvalue weighted by molar-refractivity contribution is 0.239. The Balaban J connectivity index is 1.50. The summed E-state index contributed by atoms with van der Waals surface area (Å²) in [6.45, 7) is 7.40. The second-order valence-electron chi connectivity index (χ2n) is 6.73. The molecule has 0 aromatic heterocycles. The number of sulfonamides is 1. The highest BCUT2D eigenvalue weighted by molar-refractivity contribution is 7.89. The summed E-state index contributed by atoms with van der Waals surface area (Å²) in [6.07, 6.45) is 0.799. The van der Waals surface area contributed by atoms with Crippen molar-refractivity contribution in [2.45, 2.75) is 18.2 Å². The second kappa shape index (κ2) is 9.32. The van der Waals surface area contributed by atoms with E-state index >= 15 is 0 Å². The quantitative estimate of drug-likeness (QED) is 0.679. The van der Waals surface area contributed by atoms with Crippen molar-refractivity contribution < 1.29 is 13.2 Å². The highest BCUT2D eigenvalue weighted by Crippen LogP contribution is 2.23. The molecule has 0 unspecified atom stereocenters. The molecule has 0 amide bonds. The van der Waals surface area contributed by atoms with Crippen LogP contribution in [0.1, 0.15) is 12.0 Å². The van der Waals surface area contributed by atoms with Gasteiger partial charge >= 0.3 is 0 Å². The van der Waals surface area contributed by atoms with Gasteiger partial charge in [-0.15, -0.1) is 0 Å². The van der Waals surface area contributed by atoms with Crippen LogP contribution in [0.4, 0.5) is 0 Å². The maximum atomic E-state index is 12.4.